The van der Waals surface area contributed by atoms with Gasteiger partial charge in [-0.1, -0.05) is 124 Å². The summed E-state index contributed by atoms with van der Waals surface area (Å²) in [5.74, 6) is 0.907. The third-order valence-corrected chi connectivity index (χ3v) is 10.8. The van der Waals surface area contributed by atoms with Crippen LogP contribution in [-0.4, -0.2) is 15.9 Å². The van der Waals surface area contributed by atoms with Gasteiger partial charge in [0.2, 0.25) is 0 Å². The van der Waals surface area contributed by atoms with Gasteiger partial charge in [0.15, 0.2) is 5.78 Å². The van der Waals surface area contributed by atoms with E-state index in [1.54, 1.807) is 0 Å². The third-order valence-electron chi connectivity index (χ3n) is 10.8. The van der Waals surface area contributed by atoms with Crippen LogP contribution in [0, 0.1) is 22.8 Å². The van der Waals surface area contributed by atoms with Crippen LogP contribution in [0.15, 0.2) is 89.4 Å². The quantitative estimate of drug-likeness (QED) is 0.0816. The molecule has 5 heteroatoms. The number of benzene rings is 3. The van der Waals surface area contributed by atoms with E-state index in [0.717, 1.165) is 70.8 Å². The van der Waals surface area contributed by atoms with Gasteiger partial charge in [0.05, 0.1) is 6.26 Å². The zero-order chi connectivity index (χ0) is 36.9. The van der Waals surface area contributed by atoms with Crippen LogP contribution in [0.1, 0.15) is 113 Å². The van der Waals surface area contributed by atoms with Gasteiger partial charge in [0.25, 0.3) is 0 Å². The molecule has 0 aliphatic rings. The Morgan fingerprint density at radius 3 is 2.12 bits per heavy atom. The summed E-state index contributed by atoms with van der Waals surface area (Å²) < 4.78 is 5.96. The fourth-order valence-corrected chi connectivity index (χ4v) is 6.31. The smallest absolute Gasteiger partial charge is 0.164 e. The van der Waals surface area contributed by atoms with Gasteiger partial charge in [-0.05, 0) is 66.7 Å². The van der Waals surface area contributed by atoms with Gasteiger partial charge in [0, 0.05) is 59.9 Å². The molecule has 3 aromatic carbocycles. The molecule has 1 N–H and O–H groups in total. The molecule has 1 radical (unpaired) electrons. The average Bonchev–Trinajstić information content (AvgIpc) is 3.53. The first-order chi connectivity index (χ1) is 23.6. The Morgan fingerprint density at radius 2 is 1.51 bits per heavy atom. The number of rotatable bonds is 11. The number of aliphatic hydroxyl groups excluding tert-OH is 1. The molecule has 0 spiro atoms. The predicted molar refractivity (Wildman–Crippen MR) is 212 cm³/mol. The maximum Gasteiger partial charge on any atom is 0.164 e. The van der Waals surface area contributed by atoms with Crippen LogP contribution in [0.25, 0.3) is 44.1 Å². The minimum Gasteiger partial charge on any atom is -0.512 e. The normalized spacial score (nSPS) is 12.5. The van der Waals surface area contributed by atoms with E-state index in [4.69, 9.17) is 9.40 Å². The van der Waals surface area contributed by atoms with E-state index in [1.165, 1.54) is 22.6 Å². The van der Waals surface area contributed by atoms with Gasteiger partial charge in [-0.25, -0.2) is 0 Å². The number of allylic oxidation sites excluding steroid dienone is 2. The molecule has 0 fully saturated rings. The summed E-state index contributed by atoms with van der Waals surface area (Å²) in [6, 6.07) is 25.1. The number of carbonyl (C=O) groups excluding carboxylic acids is 1. The first-order valence-corrected chi connectivity index (χ1v) is 18.5. The molecule has 2 aromatic heterocycles. The Kier molecular flexibility index (Phi) is 14.2. The van der Waals surface area contributed by atoms with E-state index in [0.29, 0.717) is 5.92 Å². The fourth-order valence-electron chi connectivity index (χ4n) is 6.31. The maximum absolute atomic E-state index is 12.2. The summed E-state index contributed by atoms with van der Waals surface area (Å²) in [5.41, 5.74) is 7.13. The third kappa shape index (κ3) is 9.67. The van der Waals surface area contributed by atoms with Crippen molar-refractivity contribution in [3.8, 4) is 22.4 Å². The van der Waals surface area contributed by atoms with Crippen LogP contribution in [0.3, 0.4) is 0 Å². The molecule has 0 saturated carbocycles. The standard InChI is InChI=1S/C31H30NO.C15H28O2.Ir/c1-20(2)14-21-10-11-26-27(19-33-30(26)15-21)23-12-13-32-29(18-23)24-16-22-8-6-7-9-25(22)28(17-24)31(3,4)5;1-7-14(5,8-2)12(16)11-13(17)15(6,9-3)10-4;/h6-13,15,17-20H,14H2,1-5H3;11,16H,7-10H2,1-6H3;/q-1;;/b;12-11-;. The number of carbonyl (C=O) groups is 1. The van der Waals surface area contributed by atoms with Gasteiger partial charge >= 0.3 is 0 Å². The van der Waals surface area contributed by atoms with Crippen molar-refractivity contribution in [1.82, 2.24) is 4.98 Å². The maximum atomic E-state index is 12.2. The summed E-state index contributed by atoms with van der Waals surface area (Å²) in [6.07, 6.45) is 9.56. The minimum atomic E-state index is -0.337. The summed E-state index contributed by atoms with van der Waals surface area (Å²) in [7, 11) is 0. The molecule has 0 aliphatic heterocycles. The van der Waals surface area contributed by atoms with Gasteiger partial charge < -0.3 is 9.52 Å². The molecule has 5 aromatic rings. The summed E-state index contributed by atoms with van der Waals surface area (Å²) in [6.45, 7) is 23.3. The second-order valence-electron chi connectivity index (χ2n) is 15.8. The predicted octanol–water partition coefficient (Wildman–Crippen LogP) is 13.3. The van der Waals surface area contributed by atoms with Crippen LogP contribution in [0.5, 0.6) is 0 Å². The molecule has 0 saturated heterocycles. The molecule has 0 amide bonds. The number of fused-ring (bicyclic) bond motifs is 2. The SMILES string of the molecule is CC(C)Cc1ccc2c(-c3ccnc(-c4[c-]c5ccccc5c(C(C)(C)C)c4)c3)coc2c1.CCC(C)(CC)C(=O)/C=C(\O)C(C)(CC)CC.[Ir]. The van der Waals surface area contributed by atoms with E-state index in [-0.39, 0.29) is 47.9 Å². The van der Waals surface area contributed by atoms with Crippen LogP contribution >= 0.6 is 0 Å². The van der Waals surface area contributed by atoms with Crippen LogP contribution in [0.4, 0.5) is 0 Å². The number of ketones is 1. The molecule has 4 nitrogen and oxygen atoms in total. The number of pyridine rings is 1. The zero-order valence-corrected chi connectivity index (χ0v) is 35.1. The fraction of sp³-hybridized carbons (Fsp3) is 0.435. The average molecular weight is 865 g/mol. The van der Waals surface area contributed by atoms with E-state index in [2.05, 4.69) is 101 Å². The van der Waals surface area contributed by atoms with E-state index >= 15 is 0 Å². The summed E-state index contributed by atoms with van der Waals surface area (Å²) in [5, 5.41) is 13.6. The van der Waals surface area contributed by atoms with Gasteiger partial charge in [0.1, 0.15) is 11.3 Å². The molecule has 0 bridgehead atoms. The second kappa shape index (κ2) is 17.3. The Balaban J connectivity index is 0.000000335. The van der Waals surface area contributed by atoms with E-state index < -0.39 is 0 Å². The van der Waals surface area contributed by atoms with Crippen molar-refractivity contribution in [3.05, 3.63) is 102 Å². The molecule has 0 atom stereocenters. The first-order valence-electron chi connectivity index (χ1n) is 18.5. The number of hydrogen-bond acceptors (Lipinski definition) is 4. The Morgan fingerprint density at radius 1 is 0.863 bits per heavy atom. The van der Waals surface area contributed by atoms with Crippen LogP contribution in [-0.2, 0) is 36.7 Å². The largest absolute Gasteiger partial charge is 0.512 e. The van der Waals surface area contributed by atoms with Crippen molar-refractivity contribution in [2.45, 2.75) is 114 Å². The molecule has 51 heavy (non-hydrogen) atoms. The first kappa shape index (κ1) is 41.9. The van der Waals surface area contributed by atoms with Crippen molar-refractivity contribution in [2.75, 3.05) is 0 Å². The molecule has 2 heterocycles. The number of furan rings is 1. The molecular formula is C46H58IrNO3-. The van der Waals surface area contributed by atoms with Crippen LogP contribution < -0.4 is 0 Å². The molecule has 0 unspecified atom stereocenters. The number of hydrogen-bond donors (Lipinski definition) is 1. The Labute approximate surface area is 320 Å². The van der Waals surface area contributed by atoms with Gasteiger partial charge in [-0.3, -0.25) is 9.78 Å². The molecule has 275 valence electrons. The second-order valence-corrected chi connectivity index (χ2v) is 15.8. The Bertz CT molecular complexity index is 1950. The number of aliphatic hydroxyl groups is 1. The van der Waals surface area contributed by atoms with Gasteiger partial charge in [-0.2, -0.15) is 0 Å². The molecule has 5 rings (SSSR count). The van der Waals surface area contributed by atoms with Gasteiger partial charge in [-0.15, -0.1) is 29.1 Å². The van der Waals surface area contributed by atoms with Crippen molar-refractivity contribution < 1.29 is 34.4 Å². The topological polar surface area (TPSA) is 63.3 Å². The van der Waals surface area contributed by atoms with Crippen molar-refractivity contribution >= 4 is 27.5 Å². The Hall–Kier alpha value is -3.53. The van der Waals surface area contributed by atoms with Crippen molar-refractivity contribution in [1.29, 1.82) is 0 Å². The van der Waals surface area contributed by atoms with Crippen LogP contribution in [0.2, 0.25) is 0 Å². The van der Waals surface area contributed by atoms with E-state index in [9.17, 15) is 9.90 Å². The number of aromatic nitrogens is 1. The number of nitrogens with zero attached hydrogens (tertiary/aromatic N) is 1. The molecular weight excluding hydrogens is 807 g/mol. The van der Waals surface area contributed by atoms with Crippen molar-refractivity contribution in [2.24, 2.45) is 16.7 Å². The summed E-state index contributed by atoms with van der Waals surface area (Å²) >= 11 is 0. The zero-order valence-electron chi connectivity index (χ0n) is 32.7. The minimum absolute atomic E-state index is 0. The van der Waals surface area contributed by atoms with E-state index in [1.807, 2.05) is 54.0 Å². The monoisotopic (exact) mass is 865 g/mol. The summed E-state index contributed by atoms with van der Waals surface area (Å²) in [4.78, 5) is 16.9. The van der Waals surface area contributed by atoms with Crippen molar-refractivity contribution in [3.63, 3.8) is 0 Å². The molecule has 0 aliphatic carbocycles.